The molecule has 2 heterocycles. The summed E-state index contributed by atoms with van der Waals surface area (Å²) in [6, 6.07) is 1.60. The number of rotatable bonds is 2. The Balaban J connectivity index is 1.76. The van der Waals surface area contributed by atoms with Crippen molar-refractivity contribution in [2.45, 2.75) is 45.7 Å². The number of likely N-dealkylation sites (tertiary alicyclic amines) is 1. The molecule has 0 aromatic rings. The summed E-state index contributed by atoms with van der Waals surface area (Å²) in [5.41, 5.74) is 0. The molecule has 0 spiro atoms. The van der Waals surface area contributed by atoms with E-state index in [0.717, 1.165) is 23.9 Å². The third-order valence-corrected chi connectivity index (χ3v) is 3.99. The quantitative estimate of drug-likeness (QED) is 0.723. The van der Waals surface area contributed by atoms with Gasteiger partial charge in [0.2, 0.25) is 0 Å². The largest absolute Gasteiger partial charge is 0.314 e. The Kier molecular flexibility index (Phi) is 3.13. The van der Waals surface area contributed by atoms with Crippen molar-refractivity contribution in [3.63, 3.8) is 0 Å². The molecule has 2 aliphatic rings. The Morgan fingerprint density at radius 1 is 1.29 bits per heavy atom. The fourth-order valence-corrected chi connectivity index (χ4v) is 2.71. The normalized spacial score (nSPS) is 36.0. The van der Waals surface area contributed by atoms with E-state index in [0.29, 0.717) is 0 Å². The standard InChI is InChI=1S/C12H24N2/c1-9(2)11-7-14(8-11)12-4-5-13-10(3)6-12/h9-13H,4-8H2,1-3H3. The van der Waals surface area contributed by atoms with Crippen LogP contribution in [0.1, 0.15) is 33.6 Å². The molecule has 2 aliphatic heterocycles. The monoisotopic (exact) mass is 196 g/mol. The highest BCUT2D eigenvalue weighted by molar-refractivity contribution is 4.90. The lowest BCUT2D eigenvalue weighted by atomic mass is 9.85. The van der Waals surface area contributed by atoms with Gasteiger partial charge in [-0.05, 0) is 38.1 Å². The Morgan fingerprint density at radius 3 is 2.57 bits per heavy atom. The third kappa shape index (κ3) is 2.12. The first-order chi connectivity index (χ1) is 6.66. The molecule has 2 rings (SSSR count). The van der Waals surface area contributed by atoms with Crippen molar-refractivity contribution in [3.05, 3.63) is 0 Å². The van der Waals surface area contributed by atoms with Crippen LogP contribution in [0.25, 0.3) is 0 Å². The van der Waals surface area contributed by atoms with E-state index in [2.05, 4.69) is 31.0 Å². The van der Waals surface area contributed by atoms with Gasteiger partial charge in [0.1, 0.15) is 0 Å². The van der Waals surface area contributed by atoms with Crippen LogP contribution < -0.4 is 5.32 Å². The minimum Gasteiger partial charge on any atom is -0.314 e. The van der Waals surface area contributed by atoms with E-state index < -0.39 is 0 Å². The van der Waals surface area contributed by atoms with E-state index in [9.17, 15) is 0 Å². The predicted molar refractivity (Wildman–Crippen MR) is 60.4 cm³/mol. The maximum atomic E-state index is 3.52. The smallest absolute Gasteiger partial charge is 0.0122 e. The van der Waals surface area contributed by atoms with Crippen LogP contribution >= 0.6 is 0 Å². The van der Waals surface area contributed by atoms with Gasteiger partial charge in [0.25, 0.3) is 0 Å². The van der Waals surface area contributed by atoms with Crippen LogP contribution in [0, 0.1) is 11.8 Å². The van der Waals surface area contributed by atoms with E-state index in [-0.39, 0.29) is 0 Å². The van der Waals surface area contributed by atoms with Crippen molar-refractivity contribution in [1.29, 1.82) is 0 Å². The molecule has 2 nitrogen and oxygen atoms in total. The van der Waals surface area contributed by atoms with Crippen LogP contribution in [0.2, 0.25) is 0 Å². The lowest BCUT2D eigenvalue weighted by Crippen LogP contribution is -2.57. The highest BCUT2D eigenvalue weighted by atomic mass is 15.2. The Bertz CT molecular complexity index is 185. The second-order valence-electron chi connectivity index (χ2n) is 5.49. The molecule has 14 heavy (non-hydrogen) atoms. The van der Waals surface area contributed by atoms with E-state index in [4.69, 9.17) is 0 Å². The van der Waals surface area contributed by atoms with Crippen LogP contribution in [-0.4, -0.2) is 36.6 Å². The van der Waals surface area contributed by atoms with Gasteiger partial charge in [-0.3, -0.25) is 4.90 Å². The molecule has 0 aliphatic carbocycles. The zero-order valence-electron chi connectivity index (χ0n) is 9.79. The van der Waals surface area contributed by atoms with Gasteiger partial charge in [0.05, 0.1) is 0 Å². The first kappa shape index (κ1) is 10.4. The van der Waals surface area contributed by atoms with Crippen LogP contribution in [0.15, 0.2) is 0 Å². The minimum atomic E-state index is 0.729. The van der Waals surface area contributed by atoms with Crippen molar-refractivity contribution < 1.29 is 0 Å². The average molecular weight is 196 g/mol. The van der Waals surface area contributed by atoms with E-state index in [1.807, 2.05) is 0 Å². The zero-order valence-corrected chi connectivity index (χ0v) is 9.79. The number of hydrogen-bond acceptors (Lipinski definition) is 2. The molecule has 0 radical (unpaired) electrons. The van der Waals surface area contributed by atoms with Gasteiger partial charge < -0.3 is 5.32 Å². The lowest BCUT2D eigenvalue weighted by Gasteiger charge is -2.48. The molecule has 0 amide bonds. The molecule has 2 heteroatoms. The third-order valence-electron chi connectivity index (χ3n) is 3.99. The summed E-state index contributed by atoms with van der Waals surface area (Å²) in [4.78, 5) is 2.70. The molecule has 2 fully saturated rings. The number of nitrogens with zero attached hydrogens (tertiary/aromatic N) is 1. The van der Waals surface area contributed by atoms with Gasteiger partial charge in [-0.25, -0.2) is 0 Å². The first-order valence-corrected chi connectivity index (χ1v) is 6.14. The Labute approximate surface area is 88.1 Å². The fourth-order valence-electron chi connectivity index (χ4n) is 2.71. The van der Waals surface area contributed by atoms with E-state index in [1.165, 1.54) is 32.5 Å². The first-order valence-electron chi connectivity index (χ1n) is 6.14. The van der Waals surface area contributed by atoms with Gasteiger partial charge >= 0.3 is 0 Å². The summed E-state index contributed by atoms with van der Waals surface area (Å²) in [6.45, 7) is 10.9. The van der Waals surface area contributed by atoms with Gasteiger partial charge in [-0.2, -0.15) is 0 Å². The SMILES string of the molecule is CC1CC(N2CC(C(C)C)C2)CCN1. The summed E-state index contributed by atoms with van der Waals surface area (Å²) in [7, 11) is 0. The highest BCUT2D eigenvalue weighted by Gasteiger charge is 2.35. The molecule has 0 aromatic heterocycles. The summed E-state index contributed by atoms with van der Waals surface area (Å²) in [6.07, 6.45) is 2.71. The second-order valence-corrected chi connectivity index (χ2v) is 5.49. The van der Waals surface area contributed by atoms with Gasteiger partial charge in [0.15, 0.2) is 0 Å². The van der Waals surface area contributed by atoms with Crippen molar-refractivity contribution in [3.8, 4) is 0 Å². The molecule has 1 N–H and O–H groups in total. The molecular formula is C12H24N2. The van der Waals surface area contributed by atoms with Crippen LogP contribution in [0.5, 0.6) is 0 Å². The molecule has 0 aromatic carbocycles. The van der Waals surface area contributed by atoms with E-state index in [1.54, 1.807) is 0 Å². The highest BCUT2D eigenvalue weighted by Crippen LogP contribution is 2.28. The maximum absolute atomic E-state index is 3.52. The van der Waals surface area contributed by atoms with E-state index >= 15 is 0 Å². The topological polar surface area (TPSA) is 15.3 Å². The molecule has 82 valence electrons. The summed E-state index contributed by atoms with van der Waals surface area (Å²) in [5.74, 6) is 1.85. The van der Waals surface area contributed by atoms with Gasteiger partial charge in [-0.1, -0.05) is 13.8 Å². The van der Waals surface area contributed by atoms with Crippen molar-refractivity contribution in [2.75, 3.05) is 19.6 Å². The minimum absolute atomic E-state index is 0.729. The number of nitrogens with one attached hydrogen (secondary N) is 1. The molecule has 2 unspecified atom stereocenters. The van der Waals surface area contributed by atoms with Gasteiger partial charge in [-0.15, -0.1) is 0 Å². The van der Waals surface area contributed by atoms with Crippen molar-refractivity contribution in [1.82, 2.24) is 10.2 Å². The van der Waals surface area contributed by atoms with Crippen molar-refractivity contribution in [2.24, 2.45) is 11.8 Å². The second kappa shape index (κ2) is 4.19. The van der Waals surface area contributed by atoms with Crippen LogP contribution in [-0.2, 0) is 0 Å². The fraction of sp³-hybridized carbons (Fsp3) is 1.00. The average Bonchev–Trinajstić information content (AvgIpc) is 2.00. The molecule has 0 bridgehead atoms. The van der Waals surface area contributed by atoms with Gasteiger partial charge in [0, 0.05) is 25.2 Å². The summed E-state index contributed by atoms with van der Waals surface area (Å²) >= 11 is 0. The Hall–Kier alpha value is -0.0800. The zero-order chi connectivity index (χ0) is 10.1. The van der Waals surface area contributed by atoms with Crippen LogP contribution in [0.3, 0.4) is 0 Å². The maximum Gasteiger partial charge on any atom is 0.0122 e. The summed E-state index contributed by atoms with van der Waals surface area (Å²) < 4.78 is 0. The number of piperidine rings is 1. The lowest BCUT2D eigenvalue weighted by molar-refractivity contribution is 0.0111. The molecule has 2 saturated heterocycles. The molecule has 0 saturated carbocycles. The van der Waals surface area contributed by atoms with Crippen molar-refractivity contribution >= 4 is 0 Å². The Morgan fingerprint density at radius 2 is 2.00 bits per heavy atom. The predicted octanol–water partition coefficient (Wildman–Crippen LogP) is 1.71. The molecule has 2 atom stereocenters. The number of hydrogen-bond donors (Lipinski definition) is 1. The molecular weight excluding hydrogens is 172 g/mol. The summed E-state index contributed by atoms with van der Waals surface area (Å²) in [5, 5.41) is 3.52. The van der Waals surface area contributed by atoms with Crippen LogP contribution in [0.4, 0.5) is 0 Å².